The lowest BCUT2D eigenvalue weighted by Crippen LogP contribution is -2.38. The van der Waals surface area contributed by atoms with Crippen LogP contribution in [0.3, 0.4) is 0 Å². The van der Waals surface area contributed by atoms with Crippen molar-refractivity contribution in [3.8, 4) is 10.4 Å². The number of piperidine rings is 1. The highest BCUT2D eigenvalue weighted by atomic mass is 32.2. The normalized spacial score (nSPS) is 16.6. The fourth-order valence-electron chi connectivity index (χ4n) is 3.83. The Kier molecular flexibility index (Phi) is 4.98. The molecule has 0 radical (unpaired) electrons. The van der Waals surface area contributed by atoms with E-state index in [1.54, 1.807) is 28.6 Å². The van der Waals surface area contributed by atoms with Crippen molar-refractivity contribution >= 4 is 38.2 Å². The van der Waals surface area contributed by atoms with Gasteiger partial charge in [-0.25, -0.2) is 12.7 Å². The van der Waals surface area contributed by atoms with Crippen molar-refractivity contribution in [1.29, 1.82) is 0 Å². The van der Waals surface area contributed by atoms with E-state index in [4.69, 9.17) is 5.73 Å². The van der Waals surface area contributed by atoms with E-state index in [-0.39, 0.29) is 11.7 Å². The van der Waals surface area contributed by atoms with E-state index in [2.05, 4.69) is 10.2 Å². The molecule has 1 fully saturated rings. The number of nitrogens with two attached hydrogens (primary N) is 1. The van der Waals surface area contributed by atoms with Gasteiger partial charge in [0.05, 0.1) is 11.3 Å². The summed E-state index contributed by atoms with van der Waals surface area (Å²) in [6.45, 7) is 2.66. The molecule has 2 aromatic heterocycles. The molecular formula is C19H22N4O3S2. The molecule has 0 atom stereocenters. The fraction of sp³-hybridized carbons (Fsp3) is 0.368. The van der Waals surface area contributed by atoms with Crippen molar-refractivity contribution in [2.45, 2.75) is 25.7 Å². The summed E-state index contributed by atoms with van der Waals surface area (Å²) >= 11 is 1.60. The van der Waals surface area contributed by atoms with Crippen LogP contribution in [-0.2, 0) is 10.0 Å². The van der Waals surface area contributed by atoms with Crippen LogP contribution in [0.15, 0.2) is 29.6 Å². The van der Waals surface area contributed by atoms with Crippen molar-refractivity contribution in [1.82, 2.24) is 14.5 Å². The number of fused-ring (bicyclic) bond motifs is 1. The number of sulfonamides is 1. The molecule has 28 heavy (non-hydrogen) atoms. The summed E-state index contributed by atoms with van der Waals surface area (Å²) in [5.74, 6) is -0.227. The number of carbonyl (C=O) groups excluding carboxylic acids is 1. The van der Waals surface area contributed by atoms with Crippen LogP contribution in [0.2, 0.25) is 0 Å². The topological polar surface area (TPSA) is 109 Å². The predicted molar refractivity (Wildman–Crippen MR) is 111 cm³/mol. The summed E-state index contributed by atoms with van der Waals surface area (Å²) in [4.78, 5) is 13.1. The predicted octanol–water partition coefficient (Wildman–Crippen LogP) is 2.92. The maximum Gasteiger partial charge on any atom is 0.251 e. The zero-order valence-electron chi connectivity index (χ0n) is 15.5. The number of carbonyl (C=O) groups is 1. The van der Waals surface area contributed by atoms with Gasteiger partial charge in [-0.1, -0.05) is 6.07 Å². The summed E-state index contributed by atoms with van der Waals surface area (Å²) in [7, 11) is -3.16. The summed E-state index contributed by atoms with van der Waals surface area (Å²) in [5, 5.41) is 10.3. The highest BCUT2D eigenvalue weighted by Crippen LogP contribution is 2.36. The first-order valence-corrected chi connectivity index (χ1v) is 11.7. The second-order valence-corrected chi connectivity index (χ2v) is 10.2. The number of rotatable bonds is 5. The standard InChI is InChI=1S/C19H22N4O3S2/c1-2-28(25,26)23-7-5-12(6-8-23)17-14-10-13(16-4-3-9-27-16)11-15(19(20)24)18(14)22-21-17/h3-4,9-12H,2,5-8H2,1H3,(H2,20,24)(H,21,22). The highest BCUT2D eigenvalue weighted by Gasteiger charge is 2.29. The summed E-state index contributed by atoms with van der Waals surface area (Å²) in [6, 6.07) is 7.80. The van der Waals surface area contributed by atoms with Gasteiger partial charge in [-0.3, -0.25) is 9.89 Å². The van der Waals surface area contributed by atoms with Gasteiger partial charge in [0, 0.05) is 35.0 Å². The Bertz CT molecular complexity index is 1110. The van der Waals surface area contributed by atoms with Crippen LogP contribution in [0.5, 0.6) is 0 Å². The molecule has 0 aliphatic carbocycles. The van der Waals surface area contributed by atoms with Gasteiger partial charge in [-0.2, -0.15) is 5.10 Å². The first kappa shape index (κ1) is 19.1. The lowest BCUT2D eigenvalue weighted by molar-refractivity contribution is 0.100. The van der Waals surface area contributed by atoms with Crippen LogP contribution >= 0.6 is 11.3 Å². The van der Waals surface area contributed by atoms with Crippen LogP contribution in [0.1, 0.15) is 41.7 Å². The van der Waals surface area contributed by atoms with E-state index in [1.165, 1.54) is 0 Å². The van der Waals surface area contributed by atoms with Crippen LogP contribution in [0, 0.1) is 0 Å². The number of primary amides is 1. The average Bonchev–Trinajstić information content (AvgIpc) is 3.37. The van der Waals surface area contributed by atoms with Crippen molar-refractivity contribution in [3.63, 3.8) is 0 Å². The Morgan fingerprint density at radius 3 is 2.71 bits per heavy atom. The van der Waals surface area contributed by atoms with E-state index >= 15 is 0 Å². The van der Waals surface area contributed by atoms with Crippen molar-refractivity contribution < 1.29 is 13.2 Å². The second-order valence-electron chi connectivity index (χ2n) is 6.97. The first-order chi connectivity index (χ1) is 13.4. The SMILES string of the molecule is CCS(=O)(=O)N1CCC(c2[nH]nc3c(C(N)=O)cc(-c4cccs4)cc23)CC1. The molecule has 1 amide bonds. The lowest BCUT2D eigenvalue weighted by atomic mass is 9.91. The maximum atomic E-state index is 12.1. The lowest BCUT2D eigenvalue weighted by Gasteiger charge is -2.30. The third-order valence-corrected chi connectivity index (χ3v) is 8.18. The van der Waals surface area contributed by atoms with Crippen molar-refractivity contribution in [3.05, 3.63) is 40.9 Å². The Labute approximate surface area is 167 Å². The summed E-state index contributed by atoms with van der Waals surface area (Å²) < 4.78 is 25.8. The molecule has 0 saturated carbocycles. The minimum Gasteiger partial charge on any atom is -0.366 e. The monoisotopic (exact) mass is 418 g/mol. The van der Waals surface area contributed by atoms with Crippen LogP contribution in [0.4, 0.5) is 0 Å². The van der Waals surface area contributed by atoms with Crippen LogP contribution in [0.25, 0.3) is 21.3 Å². The van der Waals surface area contributed by atoms with Crippen molar-refractivity contribution in [2.24, 2.45) is 5.73 Å². The Hall–Kier alpha value is -2.23. The number of aromatic nitrogens is 2. The Morgan fingerprint density at radius 1 is 1.36 bits per heavy atom. The number of hydrogen-bond acceptors (Lipinski definition) is 5. The molecule has 148 valence electrons. The molecule has 1 saturated heterocycles. The molecule has 3 aromatic rings. The number of nitrogens with one attached hydrogen (secondary N) is 1. The first-order valence-electron chi connectivity index (χ1n) is 9.24. The molecule has 0 unspecified atom stereocenters. The number of hydrogen-bond donors (Lipinski definition) is 2. The van der Waals surface area contributed by atoms with E-state index in [1.807, 2.05) is 23.6 Å². The third-order valence-electron chi connectivity index (χ3n) is 5.38. The maximum absolute atomic E-state index is 12.1. The van der Waals surface area contributed by atoms with Gasteiger partial charge in [-0.15, -0.1) is 11.3 Å². The van der Waals surface area contributed by atoms with E-state index in [0.29, 0.717) is 37.0 Å². The number of H-pyrrole nitrogens is 1. The summed E-state index contributed by atoms with van der Waals surface area (Å²) in [5.41, 5.74) is 8.47. The van der Waals surface area contributed by atoms with Gasteiger partial charge in [0.15, 0.2) is 0 Å². The Balaban J connectivity index is 1.72. The molecule has 9 heteroatoms. The third kappa shape index (κ3) is 3.34. The van der Waals surface area contributed by atoms with Gasteiger partial charge in [-0.05, 0) is 48.9 Å². The largest absolute Gasteiger partial charge is 0.366 e. The molecule has 4 rings (SSSR count). The smallest absolute Gasteiger partial charge is 0.251 e. The van der Waals surface area contributed by atoms with E-state index in [0.717, 1.165) is 21.5 Å². The van der Waals surface area contributed by atoms with E-state index < -0.39 is 15.9 Å². The minimum absolute atomic E-state index is 0.122. The quantitative estimate of drug-likeness (QED) is 0.664. The van der Waals surface area contributed by atoms with Gasteiger partial charge in [0.25, 0.3) is 5.91 Å². The fourth-order valence-corrected chi connectivity index (χ4v) is 5.67. The number of thiophene rings is 1. The average molecular weight is 419 g/mol. The second kappa shape index (κ2) is 7.31. The Morgan fingerprint density at radius 2 is 2.11 bits per heavy atom. The molecule has 0 spiro atoms. The van der Waals surface area contributed by atoms with E-state index in [9.17, 15) is 13.2 Å². The molecule has 3 heterocycles. The molecule has 1 aromatic carbocycles. The van der Waals surface area contributed by atoms with Gasteiger partial charge >= 0.3 is 0 Å². The number of benzene rings is 1. The number of amides is 1. The molecule has 1 aliphatic heterocycles. The molecule has 7 nitrogen and oxygen atoms in total. The molecule has 3 N–H and O–H groups in total. The molecule has 0 bridgehead atoms. The van der Waals surface area contributed by atoms with Gasteiger partial charge in [0.1, 0.15) is 5.52 Å². The molecular weight excluding hydrogens is 396 g/mol. The number of nitrogens with zero attached hydrogens (tertiary/aromatic N) is 2. The van der Waals surface area contributed by atoms with Crippen molar-refractivity contribution in [2.75, 3.05) is 18.8 Å². The minimum atomic E-state index is -3.16. The van der Waals surface area contributed by atoms with Gasteiger partial charge in [0.2, 0.25) is 10.0 Å². The zero-order valence-corrected chi connectivity index (χ0v) is 17.1. The van der Waals surface area contributed by atoms with Crippen LogP contribution in [-0.4, -0.2) is 47.7 Å². The molecule has 1 aliphatic rings. The highest BCUT2D eigenvalue weighted by molar-refractivity contribution is 7.89. The zero-order chi connectivity index (χ0) is 19.9. The van der Waals surface area contributed by atoms with Gasteiger partial charge < -0.3 is 5.73 Å². The summed E-state index contributed by atoms with van der Waals surface area (Å²) in [6.07, 6.45) is 1.43. The van der Waals surface area contributed by atoms with Crippen LogP contribution < -0.4 is 5.73 Å². The number of aromatic amines is 1.